The molecule has 130 valence electrons. The molecule has 0 radical (unpaired) electrons. The number of nitrogens with one attached hydrogen (secondary N) is 1. The molecule has 0 aliphatic heterocycles. The zero-order valence-electron chi connectivity index (χ0n) is 13.2. The van der Waals surface area contributed by atoms with Gasteiger partial charge in [0.15, 0.2) is 11.3 Å². The lowest BCUT2D eigenvalue weighted by Gasteiger charge is -2.03. The third-order valence-corrected chi connectivity index (χ3v) is 4.30. The molecule has 3 heterocycles. The third-order valence-electron chi connectivity index (χ3n) is 3.56. The summed E-state index contributed by atoms with van der Waals surface area (Å²) in [5.74, 6) is -0.233. The van der Waals surface area contributed by atoms with Crippen molar-refractivity contribution < 1.29 is 4.79 Å². The maximum Gasteiger partial charge on any atom is 0.278 e. The van der Waals surface area contributed by atoms with E-state index in [9.17, 15) is 4.79 Å². The van der Waals surface area contributed by atoms with Gasteiger partial charge in [0.1, 0.15) is 6.33 Å². The van der Waals surface area contributed by atoms with E-state index in [-0.39, 0.29) is 11.6 Å². The first-order valence-corrected chi connectivity index (χ1v) is 8.29. The SMILES string of the molecule is O=C(Nc1ncn(Cc2ccc(Cl)c(Cl)c2)n1)c1cc2ncccn2n1. The molecule has 0 saturated heterocycles. The van der Waals surface area contributed by atoms with Crippen molar-refractivity contribution in [3.8, 4) is 0 Å². The van der Waals surface area contributed by atoms with Crippen LogP contribution < -0.4 is 5.32 Å². The molecule has 3 aromatic heterocycles. The Hall–Kier alpha value is -2.97. The van der Waals surface area contributed by atoms with Crippen LogP contribution in [0.25, 0.3) is 5.65 Å². The molecule has 0 bridgehead atoms. The summed E-state index contributed by atoms with van der Waals surface area (Å²) in [5, 5.41) is 12.0. The minimum absolute atomic E-state index is 0.181. The Bertz CT molecular complexity index is 1070. The molecule has 1 N–H and O–H groups in total. The summed E-state index contributed by atoms with van der Waals surface area (Å²) in [6.07, 6.45) is 4.86. The molecule has 1 amide bonds. The first-order valence-electron chi connectivity index (χ1n) is 7.53. The van der Waals surface area contributed by atoms with E-state index in [1.807, 2.05) is 6.07 Å². The highest BCUT2D eigenvalue weighted by atomic mass is 35.5. The van der Waals surface area contributed by atoms with Crippen molar-refractivity contribution >= 4 is 40.7 Å². The summed E-state index contributed by atoms with van der Waals surface area (Å²) in [6.45, 7) is 0.443. The molecule has 0 aliphatic rings. The molecule has 0 spiro atoms. The van der Waals surface area contributed by atoms with E-state index in [1.165, 1.54) is 10.8 Å². The van der Waals surface area contributed by atoms with Gasteiger partial charge in [-0.05, 0) is 23.8 Å². The molecule has 26 heavy (non-hydrogen) atoms. The van der Waals surface area contributed by atoms with Crippen molar-refractivity contribution in [1.29, 1.82) is 0 Å². The summed E-state index contributed by atoms with van der Waals surface area (Å²) in [6, 6.07) is 8.64. The number of benzene rings is 1. The molecule has 0 saturated carbocycles. The zero-order valence-corrected chi connectivity index (χ0v) is 14.7. The summed E-state index contributed by atoms with van der Waals surface area (Å²) in [7, 11) is 0. The number of hydrogen-bond donors (Lipinski definition) is 1. The fourth-order valence-electron chi connectivity index (χ4n) is 2.36. The lowest BCUT2D eigenvalue weighted by Crippen LogP contribution is -2.14. The molecule has 4 rings (SSSR count). The van der Waals surface area contributed by atoms with Crippen LogP contribution in [0.3, 0.4) is 0 Å². The molecular formula is C16H11Cl2N7O. The average Bonchev–Trinajstić information content (AvgIpc) is 3.25. The van der Waals surface area contributed by atoms with Crippen LogP contribution in [-0.2, 0) is 6.54 Å². The Morgan fingerprint density at radius 2 is 2.00 bits per heavy atom. The van der Waals surface area contributed by atoms with Crippen LogP contribution in [0.1, 0.15) is 16.1 Å². The number of rotatable bonds is 4. The molecule has 0 aliphatic carbocycles. The molecule has 8 nitrogen and oxygen atoms in total. The van der Waals surface area contributed by atoms with Gasteiger partial charge >= 0.3 is 0 Å². The highest BCUT2D eigenvalue weighted by Crippen LogP contribution is 2.22. The van der Waals surface area contributed by atoms with Crippen LogP contribution in [0.4, 0.5) is 5.95 Å². The van der Waals surface area contributed by atoms with E-state index in [0.29, 0.717) is 22.2 Å². The van der Waals surface area contributed by atoms with E-state index < -0.39 is 5.91 Å². The second kappa shape index (κ2) is 6.74. The van der Waals surface area contributed by atoms with E-state index in [2.05, 4.69) is 25.5 Å². The molecule has 10 heteroatoms. The van der Waals surface area contributed by atoms with Gasteiger partial charge in [0.25, 0.3) is 5.91 Å². The smallest absolute Gasteiger partial charge is 0.278 e. The number of hydrogen-bond acceptors (Lipinski definition) is 5. The fraction of sp³-hybridized carbons (Fsp3) is 0.0625. The van der Waals surface area contributed by atoms with Crippen LogP contribution in [0, 0.1) is 0 Å². The van der Waals surface area contributed by atoms with E-state index >= 15 is 0 Å². The number of carbonyl (C=O) groups is 1. The largest absolute Gasteiger partial charge is 0.288 e. The average molecular weight is 388 g/mol. The standard InChI is InChI=1S/C16H11Cl2N7O/c17-11-3-2-10(6-12(11)18)8-24-9-20-16(23-24)21-15(26)13-7-14-19-4-1-5-25(14)22-13/h1-7,9H,8H2,(H,21,23,26). The number of carbonyl (C=O) groups excluding carboxylic acids is 1. The van der Waals surface area contributed by atoms with Crippen LogP contribution >= 0.6 is 23.2 Å². The minimum atomic E-state index is -0.414. The predicted molar refractivity (Wildman–Crippen MR) is 96.5 cm³/mol. The first-order chi connectivity index (χ1) is 12.6. The van der Waals surface area contributed by atoms with Crippen molar-refractivity contribution in [3.05, 3.63) is 70.4 Å². The highest BCUT2D eigenvalue weighted by Gasteiger charge is 2.14. The van der Waals surface area contributed by atoms with Crippen LogP contribution in [0.2, 0.25) is 10.0 Å². The van der Waals surface area contributed by atoms with Gasteiger partial charge in [-0.3, -0.25) is 10.1 Å². The first kappa shape index (κ1) is 16.5. The molecule has 0 fully saturated rings. The number of aromatic nitrogens is 6. The lowest BCUT2D eigenvalue weighted by atomic mass is 10.2. The molecule has 1 aromatic carbocycles. The molecule has 4 aromatic rings. The van der Waals surface area contributed by atoms with Crippen molar-refractivity contribution in [3.63, 3.8) is 0 Å². The number of halogens is 2. The second-order valence-corrected chi connectivity index (χ2v) is 6.23. The van der Waals surface area contributed by atoms with Gasteiger partial charge < -0.3 is 0 Å². The minimum Gasteiger partial charge on any atom is -0.288 e. The van der Waals surface area contributed by atoms with E-state index in [0.717, 1.165) is 5.56 Å². The molecule has 0 atom stereocenters. The van der Waals surface area contributed by atoms with Gasteiger partial charge in [-0.1, -0.05) is 29.3 Å². The number of amides is 1. The number of anilines is 1. The van der Waals surface area contributed by atoms with E-state index in [4.69, 9.17) is 23.2 Å². The molecule has 0 unspecified atom stereocenters. The Morgan fingerprint density at radius 1 is 1.12 bits per heavy atom. The van der Waals surface area contributed by atoms with Gasteiger partial charge in [0, 0.05) is 18.5 Å². The maximum atomic E-state index is 12.3. The number of nitrogens with zero attached hydrogens (tertiary/aromatic N) is 6. The molecular weight excluding hydrogens is 377 g/mol. The maximum absolute atomic E-state index is 12.3. The van der Waals surface area contributed by atoms with Gasteiger partial charge in [0.05, 0.1) is 16.6 Å². The predicted octanol–water partition coefficient (Wildman–Crippen LogP) is 2.93. The Balaban J connectivity index is 1.47. The van der Waals surface area contributed by atoms with Gasteiger partial charge in [-0.25, -0.2) is 19.2 Å². The topological polar surface area (TPSA) is 90.0 Å². The second-order valence-electron chi connectivity index (χ2n) is 5.42. The van der Waals surface area contributed by atoms with Gasteiger partial charge in [-0.2, -0.15) is 5.10 Å². The Kier molecular flexibility index (Phi) is 4.27. The zero-order chi connectivity index (χ0) is 18.1. The summed E-state index contributed by atoms with van der Waals surface area (Å²) >= 11 is 11.9. The van der Waals surface area contributed by atoms with Gasteiger partial charge in [0.2, 0.25) is 5.95 Å². The monoisotopic (exact) mass is 387 g/mol. The Labute approximate surface area is 157 Å². The van der Waals surface area contributed by atoms with Crippen molar-refractivity contribution in [2.45, 2.75) is 6.54 Å². The van der Waals surface area contributed by atoms with E-state index in [1.54, 1.807) is 41.3 Å². The van der Waals surface area contributed by atoms with Crippen LogP contribution in [-0.4, -0.2) is 35.3 Å². The number of fused-ring (bicyclic) bond motifs is 1. The quantitative estimate of drug-likeness (QED) is 0.581. The van der Waals surface area contributed by atoms with Gasteiger partial charge in [-0.15, -0.1) is 5.10 Å². The summed E-state index contributed by atoms with van der Waals surface area (Å²) in [5.41, 5.74) is 1.72. The summed E-state index contributed by atoms with van der Waals surface area (Å²) in [4.78, 5) is 20.5. The van der Waals surface area contributed by atoms with Crippen molar-refractivity contribution in [2.24, 2.45) is 0 Å². The fourth-order valence-corrected chi connectivity index (χ4v) is 2.68. The normalized spacial score (nSPS) is 11.0. The highest BCUT2D eigenvalue weighted by molar-refractivity contribution is 6.42. The summed E-state index contributed by atoms with van der Waals surface area (Å²) < 4.78 is 3.10. The van der Waals surface area contributed by atoms with Crippen LogP contribution in [0.5, 0.6) is 0 Å². The lowest BCUT2D eigenvalue weighted by molar-refractivity contribution is 0.102. The van der Waals surface area contributed by atoms with Crippen molar-refractivity contribution in [1.82, 2.24) is 29.4 Å². The Morgan fingerprint density at radius 3 is 2.81 bits per heavy atom. The third kappa shape index (κ3) is 3.37. The van der Waals surface area contributed by atoms with Crippen LogP contribution in [0.15, 0.2) is 49.1 Å². The van der Waals surface area contributed by atoms with Crippen molar-refractivity contribution in [2.75, 3.05) is 5.32 Å².